The van der Waals surface area contributed by atoms with Crippen molar-refractivity contribution in [2.75, 3.05) is 5.32 Å². The Hall–Kier alpha value is -3.71. The fourth-order valence-electron chi connectivity index (χ4n) is 3.30. The summed E-state index contributed by atoms with van der Waals surface area (Å²) in [6.45, 7) is 0. The molecule has 0 radical (unpaired) electrons. The quantitative estimate of drug-likeness (QED) is 0.377. The van der Waals surface area contributed by atoms with Gasteiger partial charge >= 0.3 is 0 Å². The lowest BCUT2D eigenvalue weighted by atomic mass is 10.1. The molecule has 0 fully saturated rings. The highest BCUT2D eigenvalue weighted by molar-refractivity contribution is 9.10. The number of fused-ring (bicyclic) bond motifs is 1. The van der Waals surface area contributed by atoms with Crippen molar-refractivity contribution in [3.8, 4) is 16.9 Å². The van der Waals surface area contributed by atoms with Gasteiger partial charge in [0.05, 0.1) is 16.7 Å². The van der Waals surface area contributed by atoms with Crippen LogP contribution in [0.3, 0.4) is 0 Å². The first-order valence-corrected chi connectivity index (χ1v) is 10.1. The van der Waals surface area contributed by atoms with E-state index in [0.717, 1.165) is 32.5 Å². The van der Waals surface area contributed by atoms with Gasteiger partial charge in [0.2, 0.25) is 0 Å². The number of anilines is 1. The van der Waals surface area contributed by atoms with Gasteiger partial charge in [-0.05, 0) is 48.0 Å². The second-order valence-corrected chi connectivity index (χ2v) is 7.70. The molecule has 2 aromatic heterocycles. The number of aromatic nitrogens is 4. The van der Waals surface area contributed by atoms with Crippen LogP contribution in [0.4, 0.5) is 5.82 Å². The van der Waals surface area contributed by atoms with Gasteiger partial charge in [-0.2, -0.15) is 5.10 Å². The first-order valence-electron chi connectivity index (χ1n) is 9.32. The molecule has 0 saturated carbocycles. The van der Waals surface area contributed by atoms with E-state index in [1.165, 1.54) is 0 Å². The molecule has 5 rings (SSSR count). The van der Waals surface area contributed by atoms with Crippen LogP contribution in [-0.4, -0.2) is 25.7 Å². The summed E-state index contributed by atoms with van der Waals surface area (Å²) in [6, 6.07) is 25.1. The van der Waals surface area contributed by atoms with Crippen LogP contribution in [0.1, 0.15) is 10.4 Å². The first kappa shape index (κ1) is 18.3. The normalized spacial score (nSPS) is 11.0. The molecule has 0 aliphatic carbocycles. The zero-order valence-corrected chi connectivity index (χ0v) is 17.3. The van der Waals surface area contributed by atoms with Crippen LogP contribution in [-0.2, 0) is 0 Å². The molecule has 0 atom stereocenters. The standard InChI is InChI=1S/C23H16BrN5O/c24-17-7-9-18(10-8-17)29-14-25-20-12-16(6-11-21(20)29)23(30)26-22-13-19(27-28-22)15-4-2-1-3-5-15/h1-14H,(H2,26,27,28,30). The zero-order chi connectivity index (χ0) is 20.5. The van der Waals surface area contributed by atoms with E-state index in [2.05, 4.69) is 36.4 Å². The van der Waals surface area contributed by atoms with E-state index in [-0.39, 0.29) is 5.91 Å². The van der Waals surface area contributed by atoms with Crippen LogP contribution < -0.4 is 5.32 Å². The summed E-state index contributed by atoms with van der Waals surface area (Å²) in [5.74, 6) is 0.237. The van der Waals surface area contributed by atoms with E-state index >= 15 is 0 Å². The van der Waals surface area contributed by atoms with Crippen molar-refractivity contribution in [3.05, 3.63) is 95.2 Å². The summed E-state index contributed by atoms with van der Waals surface area (Å²) < 4.78 is 3.01. The number of aromatic amines is 1. The second kappa shape index (κ2) is 7.61. The lowest BCUT2D eigenvalue weighted by molar-refractivity contribution is 0.102. The van der Waals surface area contributed by atoms with Crippen molar-refractivity contribution >= 4 is 38.7 Å². The molecule has 2 N–H and O–H groups in total. The van der Waals surface area contributed by atoms with Crippen molar-refractivity contribution in [3.63, 3.8) is 0 Å². The maximum Gasteiger partial charge on any atom is 0.256 e. The van der Waals surface area contributed by atoms with E-state index in [1.54, 1.807) is 18.5 Å². The molecule has 0 unspecified atom stereocenters. The third-order valence-electron chi connectivity index (χ3n) is 4.82. The Morgan fingerprint density at radius 1 is 0.967 bits per heavy atom. The van der Waals surface area contributed by atoms with Gasteiger partial charge in [-0.25, -0.2) is 4.98 Å². The van der Waals surface area contributed by atoms with Crippen molar-refractivity contribution in [2.45, 2.75) is 0 Å². The number of nitrogens with zero attached hydrogens (tertiary/aromatic N) is 3. The second-order valence-electron chi connectivity index (χ2n) is 6.78. The molecule has 30 heavy (non-hydrogen) atoms. The van der Waals surface area contributed by atoms with Gasteiger partial charge in [-0.3, -0.25) is 14.5 Å². The van der Waals surface area contributed by atoms with Crippen molar-refractivity contribution in [2.24, 2.45) is 0 Å². The average Bonchev–Trinajstić information content (AvgIpc) is 3.42. The molecule has 6 nitrogen and oxygen atoms in total. The minimum Gasteiger partial charge on any atom is -0.305 e. The van der Waals surface area contributed by atoms with Gasteiger partial charge in [-0.1, -0.05) is 46.3 Å². The molecule has 0 aliphatic rings. The van der Waals surface area contributed by atoms with E-state index in [0.29, 0.717) is 11.4 Å². The van der Waals surface area contributed by atoms with Gasteiger partial charge in [0.15, 0.2) is 5.82 Å². The predicted octanol–water partition coefficient (Wildman–Crippen LogP) is 5.43. The van der Waals surface area contributed by atoms with Crippen LogP contribution in [0.15, 0.2) is 89.7 Å². The number of hydrogen-bond acceptors (Lipinski definition) is 3. The largest absolute Gasteiger partial charge is 0.305 e. The number of benzene rings is 3. The smallest absolute Gasteiger partial charge is 0.256 e. The number of carbonyl (C=O) groups is 1. The van der Waals surface area contributed by atoms with E-state index in [1.807, 2.05) is 71.3 Å². The maximum atomic E-state index is 12.7. The van der Waals surface area contributed by atoms with Gasteiger partial charge in [-0.15, -0.1) is 0 Å². The fraction of sp³-hybridized carbons (Fsp3) is 0. The Kier molecular flexibility index (Phi) is 4.65. The molecule has 5 aromatic rings. The van der Waals surface area contributed by atoms with Crippen LogP contribution >= 0.6 is 15.9 Å². The molecule has 0 spiro atoms. The SMILES string of the molecule is O=C(Nc1cc(-c2ccccc2)[nH]n1)c1ccc2c(c1)ncn2-c1ccc(Br)cc1. The highest BCUT2D eigenvalue weighted by Crippen LogP contribution is 2.22. The monoisotopic (exact) mass is 457 g/mol. The number of imidazole rings is 1. The van der Waals surface area contributed by atoms with Crippen molar-refractivity contribution in [1.82, 2.24) is 19.7 Å². The van der Waals surface area contributed by atoms with E-state index in [4.69, 9.17) is 0 Å². The minimum absolute atomic E-state index is 0.235. The van der Waals surface area contributed by atoms with Crippen molar-refractivity contribution in [1.29, 1.82) is 0 Å². The molecule has 1 amide bonds. The van der Waals surface area contributed by atoms with Crippen LogP contribution in [0.25, 0.3) is 28.0 Å². The molecular formula is C23H16BrN5O. The lowest BCUT2D eigenvalue weighted by Gasteiger charge is -2.05. The molecule has 0 saturated heterocycles. The van der Waals surface area contributed by atoms with E-state index < -0.39 is 0 Å². The number of H-pyrrole nitrogens is 1. The summed E-state index contributed by atoms with van der Waals surface area (Å²) in [5.41, 5.74) is 5.05. The summed E-state index contributed by atoms with van der Waals surface area (Å²) >= 11 is 3.45. The summed E-state index contributed by atoms with van der Waals surface area (Å²) in [7, 11) is 0. The maximum absolute atomic E-state index is 12.7. The Labute approximate surface area is 180 Å². The minimum atomic E-state index is -0.235. The number of carbonyl (C=O) groups excluding carboxylic acids is 1. The molecule has 0 bridgehead atoms. The molecule has 3 aromatic carbocycles. The highest BCUT2D eigenvalue weighted by atomic mass is 79.9. The Balaban J connectivity index is 1.38. The first-order chi connectivity index (χ1) is 14.7. The molecule has 0 aliphatic heterocycles. The lowest BCUT2D eigenvalue weighted by Crippen LogP contribution is -2.12. The van der Waals surface area contributed by atoms with Crippen LogP contribution in [0, 0.1) is 0 Å². The van der Waals surface area contributed by atoms with Crippen LogP contribution in [0.2, 0.25) is 0 Å². The van der Waals surface area contributed by atoms with Crippen LogP contribution in [0.5, 0.6) is 0 Å². The summed E-state index contributed by atoms with van der Waals surface area (Å²) in [4.78, 5) is 17.2. The van der Waals surface area contributed by atoms with Gasteiger partial charge < -0.3 is 5.32 Å². The Morgan fingerprint density at radius 2 is 1.77 bits per heavy atom. The van der Waals surface area contributed by atoms with Gasteiger partial charge in [0.1, 0.15) is 6.33 Å². The topological polar surface area (TPSA) is 75.6 Å². The third kappa shape index (κ3) is 3.51. The number of hydrogen-bond donors (Lipinski definition) is 2. The van der Waals surface area contributed by atoms with E-state index in [9.17, 15) is 4.79 Å². The number of halogens is 1. The zero-order valence-electron chi connectivity index (χ0n) is 15.7. The van der Waals surface area contributed by atoms with Gasteiger partial charge in [0, 0.05) is 21.8 Å². The Bertz CT molecular complexity index is 1340. The molecule has 7 heteroatoms. The molecule has 146 valence electrons. The summed E-state index contributed by atoms with van der Waals surface area (Å²) in [5, 5.41) is 9.98. The Morgan fingerprint density at radius 3 is 2.57 bits per heavy atom. The fourth-order valence-corrected chi connectivity index (χ4v) is 3.57. The average molecular weight is 458 g/mol. The predicted molar refractivity (Wildman–Crippen MR) is 121 cm³/mol. The van der Waals surface area contributed by atoms with Gasteiger partial charge in [0.25, 0.3) is 5.91 Å². The van der Waals surface area contributed by atoms with Crippen molar-refractivity contribution < 1.29 is 4.79 Å². The third-order valence-corrected chi connectivity index (χ3v) is 5.35. The number of rotatable bonds is 4. The number of amides is 1. The number of nitrogens with one attached hydrogen (secondary N) is 2. The highest BCUT2D eigenvalue weighted by Gasteiger charge is 2.12. The summed E-state index contributed by atoms with van der Waals surface area (Å²) in [6.07, 6.45) is 1.76. The molecular weight excluding hydrogens is 442 g/mol. The molecule has 2 heterocycles.